The Morgan fingerprint density at radius 2 is 1.96 bits per heavy atom. The first-order valence-electron chi connectivity index (χ1n) is 9.12. The summed E-state index contributed by atoms with van der Waals surface area (Å²) in [6.45, 7) is 4.94. The van der Waals surface area contributed by atoms with E-state index < -0.39 is 9.84 Å². The molecule has 1 N–H and O–H groups in total. The molecule has 27 heavy (non-hydrogen) atoms. The van der Waals surface area contributed by atoms with E-state index in [1.54, 1.807) is 12.3 Å². The van der Waals surface area contributed by atoms with Crippen molar-refractivity contribution >= 4 is 21.6 Å². The summed E-state index contributed by atoms with van der Waals surface area (Å²) in [5.41, 5.74) is 1.63. The third kappa shape index (κ3) is 5.07. The van der Waals surface area contributed by atoms with Crippen LogP contribution in [0.4, 0.5) is 5.82 Å². The number of rotatable bonds is 6. The van der Waals surface area contributed by atoms with Gasteiger partial charge in [0.2, 0.25) is 0 Å². The average molecular weight is 388 g/mol. The Balaban J connectivity index is 1.68. The zero-order chi connectivity index (χ0) is 19.4. The monoisotopic (exact) mass is 387 g/mol. The number of hydrogen-bond donors (Lipinski definition) is 1. The van der Waals surface area contributed by atoms with Gasteiger partial charge in [-0.15, -0.1) is 0 Å². The molecule has 1 aliphatic rings. The van der Waals surface area contributed by atoms with Crippen molar-refractivity contribution in [1.29, 1.82) is 0 Å². The second kappa shape index (κ2) is 8.08. The predicted octanol–water partition coefficient (Wildman–Crippen LogP) is 2.41. The van der Waals surface area contributed by atoms with E-state index in [9.17, 15) is 13.2 Å². The minimum Gasteiger partial charge on any atom is -0.350 e. The maximum Gasteiger partial charge on any atom is 0.253 e. The van der Waals surface area contributed by atoms with Crippen molar-refractivity contribution in [2.45, 2.75) is 38.9 Å². The number of aromatic nitrogens is 1. The lowest BCUT2D eigenvalue weighted by Gasteiger charge is -2.28. The van der Waals surface area contributed by atoms with Crippen LogP contribution in [0.15, 0.2) is 48.7 Å². The number of benzene rings is 1. The molecule has 1 aromatic carbocycles. The van der Waals surface area contributed by atoms with Gasteiger partial charge in [0, 0.05) is 24.8 Å². The van der Waals surface area contributed by atoms with Crippen LogP contribution in [0.2, 0.25) is 0 Å². The normalized spacial score (nSPS) is 18.4. The van der Waals surface area contributed by atoms with E-state index >= 15 is 0 Å². The first-order chi connectivity index (χ1) is 12.8. The molecule has 2 heterocycles. The second-order valence-electron chi connectivity index (χ2n) is 7.19. The van der Waals surface area contributed by atoms with Crippen molar-refractivity contribution in [3.05, 3.63) is 59.8 Å². The van der Waals surface area contributed by atoms with Crippen LogP contribution < -0.4 is 10.2 Å². The summed E-state index contributed by atoms with van der Waals surface area (Å²) in [6.07, 6.45) is 2.02. The number of nitrogens with one attached hydrogen (secondary N) is 1. The Bertz CT molecular complexity index is 880. The highest BCUT2D eigenvalue weighted by Gasteiger charge is 2.29. The lowest BCUT2D eigenvalue weighted by atomic mass is 10.1. The Hall–Kier alpha value is -2.41. The number of pyridine rings is 1. The molecule has 144 valence electrons. The maximum atomic E-state index is 12.4. The smallest absolute Gasteiger partial charge is 0.253 e. The molecule has 1 unspecified atom stereocenters. The summed E-state index contributed by atoms with van der Waals surface area (Å²) in [5, 5.41) is 2.79. The Kier molecular flexibility index (Phi) is 5.79. The van der Waals surface area contributed by atoms with Crippen molar-refractivity contribution in [1.82, 2.24) is 10.3 Å². The van der Waals surface area contributed by atoms with Crippen LogP contribution in [0, 0.1) is 0 Å². The van der Waals surface area contributed by atoms with Crippen LogP contribution in [0.5, 0.6) is 0 Å². The van der Waals surface area contributed by atoms with Gasteiger partial charge >= 0.3 is 0 Å². The van der Waals surface area contributed by atoms with Gasteiger partial charge in [0.1, 0.15) is 5.82 Å². The van der Waals surface area contributed by atoms with Crippen LogP contribution in [0.3, 0.4) is 0 Å². The van der Waals surface area contributed by atoms with Gasteiger partial charge in [-0.2, -0.15) is 0 Å². The highest BCUT2D eigenvalue weighted by Crippen LogP contribution is 2.18. The maximum absolute atomic E-state index is 12.4. The van der Waals surface area contributed by atoms with Gasteiger partial charge in [-0.25, -0.2) is 13.4 Å². The SMILES string of the molecule is CC(C)N(Cc1ccccc1)c1ccc(C(=O)NC2CCS(=O)(=O)C2)cn1. The van der Waals surface area contributed by atoms with Gasteiger partial charge in [-0.1, -0.05) is 30.3 Å². The van der Waals surface area contributed by atoms with Gasteiger partial charge < -0.3 is 10.2 Å². The number of anilines is 1. The van der Waals surface area contributed by atoms with Gasteiger partial charge in [0.05, 0.1) is 17.1 Å². The number of amides is 1. The first kappa shape index (κ1) is 19.4. The number of sulfone groups is 1. The molecule has 0 bridgehead atoms. The third-order valence-electron chi connectivity index (χ3n) is 4.69. The largest absolute Gasteiger partial charge is 0.350 e. The minimum atomic E-state index is -3.02. The fraction of sp³-hybridized carbons (Fsp3) is 0.400. The summed E-state index contributed by atoms with van der Waals surface area (Å²) >= 11 is 0. The third-order valence-corrected chi connectivity index (χ3v) is 6.46. The number of carbonyl (C=O) groups is 1. The van der Waals surface area contributed by atoms with Crippen molar-refractivity contribution in [3.8, 4) is 0 Å². The minimum absolute atomic E-state index is 0.0163. The molecule has 7 heteroatoms. The molecular formula is C20H25N3O3S. The van der Waals surface area contributed by atoms with Crippen LogP contribution in [0.1, 0.15) is 36.2 Å². The molecule has 3 rings (SSSR count). The molecule has 1 saturated heterocycles. The number of nitrogens with zero attached hydrogens (tertiary/aromatic N) is 2. The van der Waals surface area contributed by atoms with E-state index in [4.69, 9.17) is 0 Å². The van der Waals surface area contributed by atoms with E-state index in [2.05, 4.69) is 41.2 Å². The molecule has 0 saturated carbocycles. The van der Waals surface area contributed by atoms with E-state index in [1.165, 1.54) is 5.56 Å². The molecular weight excluding hydrogens is 362 g/mol. The van der Waals surface area contributed by atoms with Crippen molar-refractivity contribution in [3.63, 3.8) is 0 Å². The topological polar surface area (TPSA) is 79.4 Å². The number of hydrogen-bond acceptors (Lipinski definition) is 5. The van der Waals surface area contributed by atoms with Gasteiger partial charge in [0.15, 0.2) is 9.84 Å². The summed E-state index contributed by atoms with van der Waals surface area (Å²) in [4.78, 5) is 19.0. The summed E-state index contributed by atoms with van der Waals surface area (Å²) < 4.78 is 23.0. The highest BCUT2D eigenvalue weighted by molar-refractivity contribution is 7.91. The molecule has 1 fully saturated rings. The van der Waals surface area contributed by atoms with Crippen molar-refractivity contribution < 1.29 is 13.2 Å². The van der Waals surface area contributed by atoms with Crippen molar-refractivity contribution in [2.24, 2.45) is 0 Å². The van der Waals surface area contributed by atoms with E-state index in [0.717, 1.165) is 12.4 Å². The van der Waals surface area contributed by atoms with Crippen molar-refractivity contribution in [2.75, 3.05) is 16.4 Å². The molecule has 0 radical (unpaired) electrons. The van der Waals surface area contributed by atoms with Crippen LogP contribution in [-0.4, -0.2) is 42.9 Å². The molecule has 1 amide bonds. The first-order valence-corrected chi connectivity index (χ1v) is 10.9. The molecule has 0 spiro atoms. The standard InChI is InChI=1S/C20H25N3O3S/c1-15(2)23(13-16-6-4-3-5-7-16)19-9-8-17(12-21-19)20(24)22-18-10-11-27(25,26)14-18/h3-9,12,15,18H,10-11,13-14H2,1-2H3,(H,22,24). The lowest BCUT2D eigenvalue weighted by molar-refractivity contribution is 0.0941. The van der Waals surface area contributed by atoms with Gasteiger partial charge in [0.25, 0.3) is 5.91 Å². The Labute approximate surface area is 160 Å². The average Bonchev–Trinajstić information content (AvgIpc) is 2.99. The zero-order valence-corrected chi connectivity index (χ0v) is 16.4. The quantitative estimate of drug-likeness (QED) is 0.823. The highest BCUT2D eigenvalue weighted by atomic mass is 32.2. The molecule has 1 aromatic heterocycles. The molecule has 1 atom stereocenters. The molecule has 0 aliphatic carbocycles. The summed E-state index contributed by atoms with van der Waals surface area (Å²) in [6, 6.07) is 13.7. The van der Waals surface area contributed by atoms with Crippen LogP contribution >= 0.6 is 0 Å². The predicted molar refractivity (Wildman–Crippen MR) is 107 cm³/mol. The van der Waals surface area contributed by atoms with Crippen LogP contribution in [-0.2, 0) is 16.4 Å². The lowest BCUT2D eigenvalue weighted by Crippen LogP contribution is -2.35. The molecule has 2 aromatic rings. The van der Waals surface area contributed by atoms with E-state index in [1.807, 2.05) is 24.3 Å². The molecule has 1 aliphatic heterocycles. The number of carbonyl (C=O) groups excluding carboxylic acids is 1. The zero-order valence-electron chi connectivity index (χ0n) is 15.6. The fourth-order valence-corrected chi connectivity index (χ4v) is 4.85. The van der Waals surface area contributed by atoms with E-state index in [0.29, 0.717) is 12.0 Å². The molecule has 6 nitrogen and oxygen atoms in total. The summed E-state index contributed by atoms with van der Waals surface area (Å²) in [7, 11) is -3.02. The van der Waals surface area contributed by atoms with Gasteiger partial charge in [-0.3, -0.25) is 4.79 Å². The van der Waals surface area contributed by atoms with Crippen LogP contribution in [0.25, 0.3) is 0 Å². The fourth-order valence-electron chi connectivity index (χ4n) is 3.18. The summed E-state index contributed by atoms with van der Waals surface area (Å²) in [5.74, 6) is 0.671. The van der Waals surface area contributed by atoms with E-state index in [-0.39, 0.29) is 29.5 Å². The Morgan fingerprint density at radius 3 is 2.52 bits per heavy atom. The second-order valence-corrected chi connectivity index (χ2v) is 9.41. The Morgan fingerprint density at radius 1 is 1.22 bits per heavy atom. The van der Waals surface area contributed by atoms with Gasteiger partial charge in [-0.05, 0) is 38.0 Å².